The maximum atomic E-state index is 4.47. The zero-order chi connectivity index (χ0) is 14.5. The smallest absolute Gasteiger partial charge is 0.128 e. The van der Waals surface area contributed by atoms with Crippen molar-refractivity contribution in [1.82, 2.24) is 10.3 Å². The van der Waals surface area contributed by atoms with Crippen LogP contribution < -0.4 is 10.2 Å². The molecule has 1 atom stereocenters. The summed E-state index contributed by atoms with van der Waals surface area (Å²) in [6.45, 7) is 4.67. The average molecular weight is 287 g/mol. The minimum atomic E-state index is 0.691. The van der Waals surface area contributed by atoms with Crippen LogP contribution in [0.3, 0.4) is 0 Å². The number of nitrogens with one attached hydrogen (secondary N) is 1. The van der Waals surface area contributed by atoms with E-state index in [0.29, 0.717) is 12.1 Å². The van der Waals surface area contributed by atoms with Crippen LogP contribution in [0.15, 0.2) is 24.4 Å². The predicted molar refractivity (Wildman–Crippen MR) is 88.6 cm³/mol. The maximum Gasteiger partial charge on any atom is 0.128 e. The summed E-state index contributed by atoms with van der Waals surface area (Å²) in [6, 6.07) is 7.58. The Morgan fingerprint density at radius 3 is 2.52 bits per heavy atom. The van der Waals surface area contributed by atoms with Gasteiger partial charge >= 0.3 is 0 Å². The van der Waals surface area contributed by atoms with E-state index in [4.69, 9.17) is 0 Å². The quantitative estimate of drug-likeness (QED) is 0.917. The lowest BCUT2D eigenvalue weighted by atomic mass is 9.84. The van der Waals surface area contributed by atoms with E-state index in [2.05, 4.69) is 34.3 Å². The van der Waals surface area contributed by atoms with Gasteiger partial charge in [-0.05, 0) is 50.7 Å². The number of aromatic nitrogens is 1. The molecule has 1 aliphatic carbocycles. The Kier molecular flexibility index (Phi) is 5.13. The Balaban J connectivity index is 1.45. The van der Waals surface area contributed by atoms with Crippen LogP contribution in [0, 0.1) is 5.92 Å². The molecule has 2 aliphatic rings. The Bertz CT molecular complexity index is 406. The molecular formula is C18H29N3. The molecule has 1 saturated carbocycles. The molecule has 1 N–H and O–H groups in total. The van der Waals surface area contributed by atoms with Crippen LogP contribution in [0.5, 0.6) is 0 Å². The summed E-state index contributed by atoms with van der Waals surface area (Å²) in [5.41, 5.74) is 0. The lowest BCUT2D eigenvalue weighted by Gasteiger charge is -2.37. The largest absolute Gasteiger partial charge is 0.357 e. The first-order chi connectivity index (χ1) is 10.3. The third kappa shape index (κ3) is 3.97. The molecule has 1 aromatic heterocycles. The fourth-order valence-electron chi connectivity index (χ4n) is 3.96. The van der Waals surface area contributed by atoms with Gasteiger partial charge in [0.25, 0.3) is 0 Å². The number of nitrogens with zero attached hydrogens (tertiary/aromatic N) is 2. The summed E-state index contributed by atoms with van der Waals surface area (Å²) < 4.78 is 0. The Labute approximate surface area is 129 Å². The highest BCUT2D eigenvalue weighted by atomic mass is 15.2. The van der Waals surface area contributed by atoms with Gasteiger partial charge in [-0.15, -0.1) is 0 Å². The molecule has 3 nitrogen and oxygen atoms in total. The number of hydrogen-bond acceptors (Lipinski definition) is 3. The fourth-order valence-corrected chi connectivity index (χ4v) is 3.96. The van der Waals surface area contributed by atoms with Gasteiger partial charge in [-0.2, -0.15) is 0 Å². The van der Waals surface area contributed by atoms with Gasteiger partial charge in [0.2, 0.25) is 0 Å². The van der Waals surface area contributed by atoms with Crippen molar-refractivity contribution in [2.24, 2.45) is 5.92 Å². The molecule has 2 fully saturated rings. The van der Waals surface area contributed by atoms with Crippen molar-refractivity contribution < 1.29 is 0 Å². The Hall–Kier alpha value is -1.09. The highest BCUT2D eigenvalue weighted by Crippen LogP contribution is 2.27. The maximum absolute atomic E-state index is 4.47. The van der Waals surface area contributed by atoms with E-state index < -0.39 is 0 Å². The second-order valence-electron chi connectivity index (χ2n) is 6.80. The van der Waals surface area contributed by atoms with Crippen LogP contribution in [0.1, 0.15) is 51.9 Å². The number of anilines is 1. The standard InChI is InChI=1S/C18H29N3/c1-15(16-7-3-2-4-8-16)20-17-10-13-21(14-11-17)18-9-5-6-12-19-18/h5-6,9,12,15-17,20H,2-4,7-8,10-11,13-14H2,1H3/t15-/m0/s1. The van der Waals surface area contributed by atoms with E-state index >= 15 is 0 Å². The van der Waals surface area contributed by atoms with Crippen molar-refractivity contribution in [3.8, 4) is 0 Å². The Morgan fingerprint density at radius 1 is 1.10 bits per heavy atom. The molecule has 2 heterocycles. The topological polar surface area (TPSA) is 28.2 Å². The first-order valence-electron chi connectivity index (χ1n) is 8.75. The normalized spacial score (nSPS) is 23.2. The fraction of sp³-hybridized carbons (Fsp3) is 0.722. The minimum Gasteiger partial charge on any atom is -0.357 e. The summed E-state index contributed by atoms with van der Waals surface area (Å²) in [5.74, 6) is 2.05. The second-order valence-corrected chi connectivity index (χ2v) is 6.80. The molecular weight excluding hydrogens is 258 g/mol. The van der Waals surface area contributed by atoms with Gasteiger partial charge in [0.1, 0.15) is 5.82 Å². The number of hydrogen-bond donors (Lipinski definition) is 1. The lowest BCUT2D eigenvalue weighted by molar-refractivity contribution is 0.251. The lowest BCUT2D eigenvalue weighted by Crippen LogP contribution is -2.47. The number of piperidine rings is 1. The van der Waals surface area contributed by atoms with Gasteiger partial charge in [-0.25, -0.2) is 4.98 Å². The van der Waals surface area contributed by atoms with Crippen molar-refractivity contribution in [2.45, 2.75) is 64.0 Å². The van der Waals surface area contributed by atoms with Crippen molar-refractivity contribution in [3.05, 3.63) is 24.4 Å². The van der Waals surface area contributed by atoms with Crippen molar-refractivity contribution >= 4 is 5.82 Å². The van der Waals surface area contributed by atoms with Crippen LogP contribution in [0.25, 0.3) is 0 Å². The predicted octanol–water partition coefficient (Wildman–Crippen LogP) is 3.61. The summed E-state index contributed by atoms with van der Waals surface area (Å²) in [6.07, 6.45) is 11.6. The second kappa shape index (κ2) is 7.26. The third-order valence-electron chi connectivity index (χ3n) is 5.32. The average Bonchev–Trinajstić information content (AvgIpc) is 2.57. The molecule has 21 heavy (non-hydrogen) atoms. The number of rotatable bonds is 4. The molecule has 0 aromatic carbocycles. The highest BCUT2D eigenvalue weighted by Gasteiger charge is 2.25. The Morgan fingerprint density at radius 2 is 1.86 bits per heavy atom. The molecule has 116 valence electrons. The molecule has 1 aromatic rings. The van der Waals surface area contributed by atoms with Gasteiger partial charge in [0, 0.05) is 31.4 Å². The summed E-state index contributed by atoms with van der Waals surface area (Å²) in [4.78, 5) is 6.89. The van der Waals surface area contributed by atoms with Crippen molar-refractivity contribution in [2.75, 3.05) is 18.0 Å². The molecule has 0 unspecified atom stereocenters. The van der Waals surface area contributed by atoms with Gasteiger partial charge < -0.3 is 10.2 Å². The van der Waals surface area contributed by atoms with E-state index in [1.807, 2.05) is 12.3 Å². The molecule has 1 saturated heterocycles. The summed E-state index contributed by atoms with van der Waals surface area (Å²) in [7, 11) is 0. The van der Waals surface area contributed by atoms with E-state index in [9.17, 15) is 0 Å². The SMILES string of the molecule is C[C@H](NC1CCN(c2ccccn2)CC1)C1CCCCC1. The molecule has 0 spiro atoms. The first kappa shape index (κ1) is 14.8. The third-order valence-corrected chi connectivity index (χ3v) is 5.32. The highest BCUT2D eigenvalue weighted by molar-refractivity contribution is 5.38. The van der Waals surface area contributed by atoms with Crippen LogP contribution >= 0.6 is 0 Å². The molecule has 3 heteroatoms. The molecule has 3 rings (SSSR count). The zero-order valence-corrected chi connectivity index (χ0v) is 13.3. The number of pyridine rings is 1. The molecule has 0 radical (unpaired) electrons. The van der Waals surface area contributed by atoms with Crippen molar-refractivity contribution in [3.63, 3.8) is 0 Å². The summed E-state index contributed by atoms with van der Waals surface area (Å²) in [5, 5.41) is 3.91. The van der Waals surface area contributed by atoms with Gasteiger partial charge in [-0.3, -0.25) is 0 Å². The van der Waals surface area contributed by atoms with Crippen LogP contribution in [-0.4, -0.2) is 30.2 Å². The minimum absolute atomic E-state index is 0.691. The van der Waals surface area contributed by atoms with Gasteiger partial charge in [0.05, 0.1) is 0 Å². The molecule has 1 aliphatic heterocycles. The van der Waals surface area contributed by atoms with Crippen LogP contribution in [-0.2, 0) is 0 Å². The van der Waals surface area contributed by atoms with Gasteiger partial charge in [-0.1, -0.05) is 25.3 Å². The molecule has 0 bridgehead atoms. The van der Waals surface area contributed by atoms with Crippen LogP contribution in [0.2, 0.25) is 0 Å². The van der Waals surface area contributed by atoms with E-state index in [0.717, 1.165) is 24.8 Å². The van der Waals surface area contributed by atoms with E-state index in [-0.39, 0.29) is 0 Å². The first-order valence-corrected chi connectivity index (χ1v) is 8.75. The van der Waals surface area contributed by atoms with E-state index in [1.54, 1.807) is 0 Å². The van der Waals surface area contributed by atoms with Gasteiger partial charge in [0.15, 0.2) is 0 Å². The van der Waals surface area contributed by atoms with Crippen LogP contribution in [0.4, 0.5) is 5.82 Å². The summed E-state index contributed by atoms with van der Waals surface area (Å²) >= 11 is 0. The zero-order valence-electron chi connectivity index (χ0n) is 13.3. The van der Waals surface area contributed by atoms with E-state index in [1.165, 1.54) is 44.9 Å². The molecule has 0 amide bonds. The van der Waals surface area contributed by atoms with Crippen molar-refractivity contribution in [1.29, 1.82) is 0 Å². The monoisotopic (exact) mass is 287 g/mol.